The van der Waals surface area contributed by atoms with Crippen molar-refractivity contribution in [1.82, 2.24) is 19.8 Å². The quantitative estimate of drug-likeness (QED) is 0.379. The van der Waals surface area contributed by atoms with Crippen LogP contribution in [0.15, 0.2) is 24.9 Å². The van der Waals surface area contributed by atoms with Gasteiger partial charge in [-0.25, -0.2) is 4.98 Å². The highest BCUT2D eigenvalue weighted by atomic mass is 35.5. The number of fused-ring (bicyclic) bond motifs is 1. The number of anilines is 2. The maximum atomic E-state index is 11.9. The van der Waals surface area contributed by atoms with Crippen molar-refractivity contribution in [3.63, 3.8) is 0 Å². The number of aromatic nitrogens is 2. The highest BCUT2D eigenvalue weighted by molar-refractivity contribution is 6.39. The Morgan fingerprint density at radius 2 is 1.85 bits per heavy atom. The summed E-state index contributed by atoms with van der Waals surface area (Å²) in [6.45, 7) is 10.6. The monoisotopic (exact) mass is 590 g/mol. The van der Waals surface area contributed by atoms with Gasteiger partial charge in [-0.05, 0) is 37.6 Å². The van der Waals surface area contributed by atoms with Gasteiger partial charge in [-0.1, -0.05) is 29.8 Å². The first-order valence-corrected chi connectivity index (χ1v) is 14.0. The fraction of sp³-hybridized carbons (Fsp3) is 0.464. The lowest BCUT2D eigenvalue weighted by molar-refractivity contribution is -0.127. The molecule has 0 bridgehead atoms. The second-order valence-electron chi connectivity index (χ2n) is 9.80. The number of benzene rings is 1. The van der Waals surface area contributed by atoms with Crippen molar-refractivity contribution in [3.8, 4) is 11.5 Å². The molecule has 3 heterocycles. The summed E-state index contributed by atoms with van der Waals surface area (Å²) in [5.41, 5.74) is 2.37. The van der Waals surface area contributed by atoms with Crippen molar-refractivity contribution >= 4 is 52.5 Å². The topological polar surface area (TPSA) is 103 Å². The van der Waals surface area contributed by atoms with Gasteiger partial charge in [0, 0.05) is 68.7 Å². The van der Waals surface area contributed by atoms with Gasteiger partial charge in [-0.15, -0.1) is 0 Å². The van der Waals surface area contributed by atoms with Crippen LogP contribution in [0.4, 0.5) is 11.8 Å². The number of rotatable bonds is 11. The predicted octanol–water partition coefficient (Wildman–Crippen LogP) is 3.67. The number of nitrogens with one attached hydrogen (secondary N) is 1. The third kappa shape index (κ3) is 6.63. The molecule has 2 N–H and O–H groups in total. The van der Waals surface area contributed by atoms with Crippen molar-refractivity contribution in [1.29, 1.82) is 0 Å². The Morgan fingerprint density at radius 3 is 2.45 bits per heavy atom. The van der Waals surface area contributed by atoms with Gasteiger partial charge in [-0.3, -0.25) is 9.69 Å². The molecular formula is C28H36Cl2N6O4. The third-order valence-electron chi connectivity index (χ3n) is 7.09. The van der Waals surface area contributed by atoms with Gasteiger partial charge in [0.15, 0.2) is 0 Å². The standard InChI is InChI=1S/C28H36Cl2N6O4/c1-5-23(38)35-11-9-34(10-12-35)7-6-8-36-16-20(24-25(29)21(39-3)14-22(40-4)26(24)30)13-19-15-31-28(33-27(19)36)32-18(2)17-37/h5,13-15,18,37H,1,6-12,16-17H2,2-4H3,(H,31,32,33)/t18-/m0/s1. The lowest BCUT2D eigenvalue weighted by Gasteiger charge is -2.35. The minimum Gasteiger partial charge on any atom is -0.495 e. The fourth-order valence-corrected chi connectivity index (χ4v) is 5.64. The smallest absolute Gasteiger partial charge is 0.246 e. The molecule has 0 aliphatic carbocycles. The van der Waals surface area contributed by atoms with Crippen LogP contribution in [-0.4, -0.2) is 103 Å². The molecule has 12 heteroatoms. The molecule has 2 aliphatic heterocycles. The van der Waals surface area contributed by atoms with E-state index in [2.05, 4.69) is 26.7 Å². The average molecular weight is 592 g/mol. The molecule has 2 aromatic rings. The molecule has 1 atom stereocenters. The Morgan fingerprint density at radius 1 is 1.18 bits per heavy atom. The number of methoxy groups -OCH3 is 2. The molecule has 0 saturated carbocycles. The third-order valence-corrected chi connectivity index (χ3v) is 7.84. The van der Waals surface area contributed by atoms with E-state index in [4.69, 9.17) is 37.7 Å². The number of aliphatic hydroxyl groups excluding tert-OH is 1. The van der Waals surface area contributed by atoms with E-state index in [-0.39, 0.29) is 18.6 Å². The van der Waals surface area contributed by atoms with E-state index in [0.29, 0.717) is 52.7 Å². The van der Waals surface area contributed by atoms with Crippen LogP contribution >= 0.6 is 23.2 Å². The minimum atomic E-state index is -0.185. The zero-order valence-electron chi connectivity index (χ0n) is 23.1. The van der Waals surface area contributed by atoms with Crippen molar-refractivity contribution in [2.45, 2.75) is 19.4 Å². The van der Waals surface area contributed by atoms with Crippen LogP contribution in [-0.2, 0) is 4.79 Å². The molecule has 0 unspecified atom stereocenters. The number of nitrogens with zero attached hydrogens (tertiary/aromatic N) is 5. The molecule has 1 saturated heterocycles. The van der Waals surface area contributed by atoms with Gasteiger partial charge in [0.2, 0.25) is 11.9 Å². The molecule has 0 spiro atoms. The highest BCUT2D eigenvalue weighted by Crippen LogP contribution is 2.45. The number of halogens is 2. The minimum absolute atomic E-state index is 0.0185. The first kappa shape index (κ1) is 29.9. The summed E-state index contributed by atoms with van der Waals surface area (Å²) < 4.78 is 11.0. The Labute approximate surface area is 245 Å². The highest BCUT2D eigenvalue weighted by Gasteiger charge is 2.27. The van der Waals surface area contributed by atoms with E-state index in [9.17, 15) is 9.90 Å². The van der Waals surface area contributed by atoms with Gasteiger partial charge in [0.05, 0.1) is 30.9 Å². The zero-order valence-corrected chi connectivity index (χ0v) is 24.6. The van der Waals surface area contributed by atoms with Crippen molar-refractivity contribution in [3.05, 3.63) is 46.1 Å². The number of piperazine rings is 1. The van der Waals surface area contributed by atoms with E-state index in [0.717, 1.165) is 49.6 Å². The van der Waals surface area contributed by atoms with Crippen LogP contribution in [0.25, 0.3) is 11.6 Å². The molecule has 1 amide bonds. The number of amides is 1. The lowest BCUT2D eigenvalue weighted by atomic mass is 9.98. The molecule has 0 radical (unpaired) electrons. The summed E-state index contributed by atoms with van der Waals surface area (Å²) in [5.74, 6) is 2.16. The first-order valence-electron chi connectivity index (χ1n) is 13.2. The summed E-state index contributed by atoms with van der Waals surface area (Å²) >= 11 is 13.5. The van der Waals surface area contributed by atoms with Crippen molar-refractivity contribution in [2.75, 3.05) is 76.9 Å². The molecule has 4 rings (SSSR count). The van der Waals surface area contributed by atoms with E-state index in [1.54, 1.807) is 26.5 Å². The number of hydrogen-bond acceptors (Lipinski definition) is 9. The zero-order chi connectivity index (χ0) is 28.8. The van der Waals surface area contributed by atoms with Crippen LogP contribution in [0, 0.1) is 0 Å². The molecule has 1 fully saturated rings. The Balaban J connectivity index is 1.59. The summed E-state index contributed by atoms with van der Waals surface area (Å²) in [6.07, 6.45) is 6.00. The maximum absolute atomic E-state index is 11.9. The maximum Gasteiger partial charge on any atom is 0.246 e. The normalized spacial score (nSPS) is 16.2. The van der Waals surface area contributed by atoms with E-state index in [1.165, 1.54) is 6.08 Å². The number of carbonyl (C=O) groups is 1. The van der Waals surface area contributed by atoms with Crippen LogP contribution in [0.5, 0.6) is 11.5 Å². The molecule has 40 heavy (non-hydrogen) atoms. The summed E-state index contributed by atoms with van der Waals surface area (Å²) in [6, 6.07) is 1.49. The Bertz CT molecular complexity index is 1240. The summed E-state index contributed by atoms with van der Waals surface area (Å²) in [5, 5.41) is 13.4. The number of ether oxygens (including phenoxy) is 2. The van der Waals surface area contributed by atoms with E-state index < -0.39 is 0 Å². The van der Waals surface area contributed by atoms with Crippen LogP contribution in [0.2, 0.25) is 10.0 Å². The molecule has 2 aliphatic rings. The van der Waals surface area contributed by atoms with Crippen molar-refractivity contribution < 1.29 is 19.4 Å². The second-order valence-corrected chi connectivity index (χ2v) is 10.6. The Kier molecular flexibility index (Phi) is 10.1. The van der Waals surface area contributed by atoms with Crippen molar-refractivity contribution in [2.24, 2.45) is 0 Å². The Hall–Kier alpha value is -3.05. The van der Waals surface area contributed by atoms with Gasteiger partial charge >= 0.3 is 0 Å². The largest absolute Gasteiger partial charge is 0.495 e. The molecule has 10 nitrogen and oxygen atoms in total. The van der Waals surface area contributed by atoms with Gasteiger partial charge in [-0.2, -0.15) is 4.98 Å². The summed E-state index contributed by atoms with van der Waals surface area (Å²) in [4.78, 5) is 27.6. The second kappa shape index (κ2) is 13.5. The molecular weight excluding hydrogens is 555 g/mol. The van der Waals surface area contributed by atoms with Crippen LogP contribution in [0.3, 0.4) is 0 Å². The van der Waals surface area contributed by atoms with Crippen LogP contribution < -0.4 is 19.7 Å². The first-order chi connectivity index (χ1) is 19.3. The van der Waals surface area contributed by atoms with Gasteiger partial charge < -0.3 is 29.7 Å². The molecule has 1 aromatic heterocycles. The SMILES string of the molecule is C=CC(=O)N1CCN(CCCN2CC(c3c(Cl)c(OC)cc(OC)c3Cl)=Cc3cnc(N[C@@H](C)CO)nc32)CC1. The lowest BCUT2D eigenvalue weighted by Crippen LogP contribution is -2.48. The van der Waals surface area contributed by atoms with Gasteiger partial charge in [0.1, 0.15) is 17.3 Å². The molecule has 216 valence electrons. The predicted molar refractivity (Wildman–Crippen MR) is 160 cm³/mol. The number of aliphatic hydroxyl groups is 1. The van der Waals surface area contributed by atoms with E-state index >= 15 is 0 Å². The van der Waals surface area contributed by atoms with Gasteiger partial charge in [0.25, 0.3) is 0 Å². The number of carbonyl (C=O) groups excluding carboxylic acids is 1. The summed E-state index contributed by atoms with van der Waals surface area (Å²) in [7, 11) is 3.11. The molecule has 1 aromatic carbocycles. The average Bonchev–Trinajstić information content (AvgIpc) is 2.97. The number of hydrogen-bond donors (Lipinski definition) is 2. The van der Waals surface area contributed by atoms with E-state index in [1.807, 2.05) is 17.9 Å². The van der Waals surface area contributed by atoms with Crippen LogP contribution in [0.1, 0.15) is 24.5 Å². The fourth-order valence-electron chi connectivity index (χ4n) is 4.90.